The van der Waals surface area contributed by atoms with Crippen LogP contribution in [0, 0.1) is 20.8 Å². The van der Waals surface area contributed by atoms with Crippen molar-refractivity contribution >= 4 is 10.0 Å². The second kappa shape index (κ2) is 5.76. The van der Waals surface area contributed by atoms with E-state index in [2.05, 4.69) is 20.1 Å². The van der Waals surface area contributed by atoms with E-state index in [0.717, 1.165) is 17.7 Å². The Morgan fingerprint density at radius 3 is 2.65 bits per heavy atom. The van der Waals surface area contributed by atoms with E-state index in [1.807, 2.05) is 6.92 Å². The first-order valence-electron chi connectivity index (χ1n) is 6.33. The minimum Gasteiger partial charge on any atom is -0.360 e. The molecule has 0 aliphatic carbocycles. The van der Waals surface area contributed by atoms with Gasteiger partial charge in [0.25, 0.3) is 0 Å². The molecule has 2 aromatic rings. The van der Waals surface area contributed by atoms with Gasteiger partial charge in [-0.15, -0.1) is 0 Å². The largest absolute Gasteiger partial charge is 0.360 e. The number of aryl methyl sites for hydroxylation is 4. The van der Waals surface area contributed by atoms with Crippen molar-refractivity contribution in [2.24, 2.45) is 0 Å². The van der Waals surface area contributed by atoms with Gasteiger partial charge in [0, 0.05) is 12.2 Å². The van der Waals surface area contributed by atoms with Crippen LogP contribution in [0.2, 0.25) is 0 Å². The Morgan fingerprint density at radius 1 is 1.35 bits per heavy atom. The first-order valence-corrected chi connectivity index (χ1v) is 7.81. The van der Waals surface area contributed by atoms with Crippen LogP contribution in [-0.4, -0.2) is 30.3 Å². The van der Waals surface area contributed by atoms with Crippen molar-refractivity contribution < 1.29 is 12.9 Å². The third-order valence-corrected chi connectivity index (χ3v) is 4.79. The molecule has 0 saturated heterocycles. The minimum atomic E-state index is -3.56. The fourth-order valence-corrected chi connectivity index (χ4v) is 3.44. The Kier molecular flexibility index (Phi) is 4.24. The molecule has 2 aromatic heterocycles. The van der Waals surface area contributed by atoms with Crippen LogP contribution in [0.25, 0.3) is 0 Å². The first-order chi connectivity index (χ1) is 9.42. The quantitative estimate of drug-likeness (QED) is 0.781. The number of hydrogen-bond acceptors (Lipinski definition) is 5. The van der Waals surface area contributed by atoms with Gasteiger partial charge in [-0.1, -0.05) is 5.16 Å². The molecule has 0 atom stereocenters. The second-order valence-electron chi connectivity index (χ2n) is 4.67. The van der Waals surface area contributed by atoms with Crippen molar-refractivity contribution in [1.29, 1.82) is 0 Å². The Balaban J connectivity index is 1.92. The Morgan fingerprint density at radius 2 is 2.10 bits per heavy atom. The van der Waals surface area contributed by atoms with Crippen LogP contribution in [0.3, 0.4) is 0 Å². The molecular formula is C12H18N4O3S. The van der Waals surface area contributed by atoms with Gasteiger partial charge < -0.3 is 4.52 Å². The highest BCUT2D eigenvalue weighted by molar-refractivity contribution is 7.89. The van der Waals surface area contributed by atoms with E-state index in [0.29, 0.717) is 24.4 Å². The van der Waals surface area contributed by atoms with Crippen molar-refractivity contribution in [3.05, 3.63) is 28.9 Å². The highest BCUT2D eigenvalue weighted by atomic mass is 32.2. The summed E-state index contributed by atoms with van der Waals surface area (Å²) in [5, 5.41) is 10.4. The molecule has 2 N–H and O–H groups in total. The Labute approximate surface area is 117 Å². The maximum atomic E-state index is 12.1. The third-order valence-electron chi connectivity index (χ3n) is 3.09. The predicted octanol–water partition coefficient (Wildman–Crippen LogP) is 1.23. The summed E-state index contributed by atoms with van der Waals surface area (Å²) >= 11 is 0. The maximum Gasteiger partial charge on any atom is 0.245 e. The fourth-order valence-electron chi connectivity index (χ4n) is 2.04. The zero-order chi connectivity index (χ0) is 14.8. The smallest absolute Gasteiger partial charge is 0.245 e. The summed E-state index contributed by atoms with van der Waals surface area (Å²) in [6.45, 7) is 5.50. The Bertz CT molecular complexity index is 668. The number of nitrogens with zero attached hydrogens (tertiary/aromatic N) is 2. The number of aromatic nitrogens is 3. The van der Waals surface area contributed by atoms with Crippen molar-refractivity contribution in [3.63, 3.8) is 0 Å². The molecule has 7 nitrogen and oxygen atoms in total. The molecular weight excluding hydrogens is 280 g/mol. The van der Waals surface area contributed by atoms with Gasteiger partial charge in [-0.3, -0.25) is 5.10 Å². The van der Waals surface area contributed by atoms with E-state index in [1.54, 1.807) is 20.0 Å². The summed E-state index contributed by atoms with van der Waals surface area (Å²) in [6.07, 6.45) is 3.23. The number of aromatic amines is 1. The van der Waals surface area contributed by atoms with Crippen molar-refractivity contribution in [3.8, 4) is 0 Å². The number of rotatable bonds is 6. The SMILES string of the molecule is Cc1noc(C)c1S(=O)(=O)NCCCc1cn[nH]c1C. The maximum absolute atomic E-state index is 12.1. The summed E-state index contributed by atoms with van der Waals surface area (Å²) < 4.78 is 31.7. The molecule has 0 bridgehead atoms. The molecule has 0 aliphatic rings. The van der Waals surface area contributed by atoms with Gasteiger partial charge in [0.05, 0.1) is 6.20 Å². The lowest BCUT2D eigenvalue weighted by atomic mass is 10.1. The van der Waals surface area contributed by atoms with Gasteiger partial charge in [-0.25, -0.2) is 13.1 Å². The van der Waals surface area contributed by atoms with Gasteiger partial charge in [-0.2, -0.15) is 5.10 Å². The zero-order valence-corrected chi connectivity index (χ0v) is 12.5. The number of sulfonamides is 1. The summed E-state index contributed by atoms with van der Waals surface area (Å²) in [4.78, 5) is 0.136. The minimum absolute atomic E-state index is 0.136. The average Bonchev–Trinajstić information content (AvgIpc) is 2.92. The standard InChI is InChI=1S/C12H18N4O3S/c1-8-11(7-13-15-8)5-4-6-14-20(17,18)12-9(2)16-19-10(12)3/h7,14H,4-6H2,1-3H3,(H,13,15). The third kappa shape index (κ3) is 3.07. The molecule has 0 amide bonds. The van der Waals surface area contributed by atoms with Crippen molar-refractivity contribution in [1.82, 2.24) is 20.1 Å². The van der Waals surface area contributed by atoms with Gasteiger partial charge >= 0.3 is 0 Å². The number of hydrogen-bond donors (Lipinski definition) is 2. The summed E-state index contributed by atoms with van der Waals surface area (Å²) in [7, 11) is -3.56. The van der Waals surface area contributed by atoms with Crippen molar-refractivity contribution in [2.75, 3.05) is 6.54 Å². The zero-order valence-electron chi connectivity index (χ0n) is 11.7. The molecule has 0 aromatic carbocycles. The van der Waals surface area contributed by atoms with Crippen molar-refractivity contribution in [2.45, 2.75) is 38.5 Å². The van der Waals surface area contributed by atoms with Gasteiger partial charge in [-0.05, 0) is 39.2 Å². The number of nitrogens with one attached hydrogen (secondary N) is 2. The fraction of sp³-hybridized carbons (Fsp3) is 0.500. The molecule has 0 saturated carbocycles. The summed E-state index contributed by atoms with van der Waals surface area (Å²) in [6, 6.07) is 0. The molecule has 2 rings (SSSR count). The molecule has 110 valence electrons. The van der Waals surface area contributed by atoms with Crippen LogP contribution >= 0.6 is 0 Å². The van der Waals surface area contributed by atoms with E-state index >= 15 is 0 Å². The average molecular weight is 298 g/mol. The lowest BCUT2D eigenvalue weighted by molar-refractivity contribution is 0.390. The molecule has 0 radical (unpaired) electrons. The molecule has 20 heavy (non-hydrogen) atoms. The van der Waals surface area contributed by atoms with Crippen LogP contribution in [0.4, 0.5) is 0 Å². The lowest BCUT2D eigenvalue weighted by Gasteiger charge is -2.05. The molecule has 0 unspecified atom stereocenters. The Hall–Kier alpha value is -1.67. The molecule has 8 heteroatoms. The second-order valence-corrected chi connectivity index (χ2v) is 6.38. The van der Waals surface area contributed by atoms with Crippen LogP contribution in [0.15, 0.2) is 15.6 Å². The number of H-pyrrole nitrogens is 1. The van der Waals surface area contributed by atoms with Crippen LogP contribution in [-0.2, 0) is 16.4 Å². The molecule has 0 aliphatic heterocycles. The van der Waals surface area contributed by atoms with Gasteiger partial charge in [0.2, 0.25) is 10.0 Å². The van der Waals surface area contributed by atoms with E-state index in [9.17, 15) is 8.42 Å². The van der Waals surface area contributed by atoms with Crippen LogP contribution in [0.5, 0.6) is 0 Å². The van der Waals surface area contributed by atoms with Crippen LogP contribution in [0.1, 0.15) is 29.1 Å². The van der Waals surface area contributed by atoms with E-state index in [1.165, 1.54) is 0 Å². The highest BCUT2D eigenvalue weighted by Crippen LogP contribution is 2.18. The van der Waals surface area contributed by atoms with Crippen LogP contribution < -0.4 is 4.72 Å². The monoisotopic (exact) mass is 298 g/mol. The summed E-state index contributed by atoms with van der Waals surface area (Å²) in [5.41, 5.74) is 2.49. The molecule has 0 fully saturated rings. The first kappa shape index (κ1) is 14.7. The predicted molar refractivity (Wildman–Crippen MR) is 72.8 cm³/mol. The van der Waals surface area contributed by atoms with Gasteiger partial charge in [0.15, 0.2) is 5.76 Å². The molecule has 2 heterocycles. The highest BCUT2D eigenvalue weighted by Gasteiger charge is 2.23. The topological polar surface area (TPSA) is 101 Å². The lowest BCUT2D eigenvalue weighted by Crippen LogP contribution is -2.26. The normalized spacial score (nSPS) is 11.9. The van der Waals surface area contributed by atoms with E-state index < -0.39 is 10.0 Å². The molecule has 0 spiro atoms. The van der Waals surface area contributed by atoms with Gasteiger partial charge in [0.1, 0.15) is 10.6 Å². The van der Waals surface area contributed by atoms with E-state index in [-0.39, 0.29) is 4.90 Å². The van der Waals surface area contributed by atoms with E-state index in [4.69, 9.17) is 4.52 Å². The summed E-state index contributed by atoms with van der Waals surface area (Å²) in [5.74, 6) is 0.306.